The number of pyridine rings is 1. The van der Waals surface area contributed by atoms with Crippen molar-refractivity contribution in [3.8, 4) is 0 Å². The van der Waals surface area contributed by atoms with Crippen molar-refractivity contribution in [2.75, 3.05) is 26.2 Å². The third-order valence-corrected chi connectivity index (χ3v) is 4.04. The molecule has 2 heterocycles. The third kappa shape index (κ3) is 4.19. The van der Waals surface area contributed by atoms with Crippen LogP contribution in [-0.4, -0.2) is 52.9 Å². The van der Waals surface area contributed by atoms with Crippen LogP contribution in [0.1, 0.15) is 38.3 Å². The first kappa shape index (κ1) is 16.3. The molecule has 6 nitrogen and oxygen atoms in total. The molecule has 6 heteroatoms. The van der Waals surface area contributed by atoms with Gasteiger partial charge in [-0.05, 0) is 30.5 Å². The SMILES string of the molecule is CCC(NC(=O)N1CCCN(C(C)=O)CC1)c1ccncc1. The number of rotatable bonds is 3. The highest BCUT2D eigenvalue weighted by molar-refractivity contribution is 5.75. The van der Waals surface area contributed by atoms with Crippen molar-refractivity contribution in [2.24, 2.45) is 0 Å². The van der Waals surface area contributed by atoms with Crippen molar-refractivity contribution >= 4 is 11.9 Å². The molecule has 3 amide bonds. The highest BCUT2D eigenvalue weighted by atomic mass is 16.2. The van der Waals surface area contributed by atoms with Crippen molar-refractivity contribution in [3.63, 3.8) is 0 Å². The monoisotopic (exact) mass is 304 g/mol. The van der Waals surface area contributed by atoms with Crippen LogP contribution in [0, 0.1) is 0 Å². The number of aromatic nitrogens is 1. The van der Waals surface area contributed by atoms with Gasteiger partial charge >= 0.3 is 6.03 Å². The van der Waals surface area contributed by atoms with Gasteiger partial charge in [-0.3, -0.25) is 9.78 Å². The molecule has 1 unspecified atom stereocenters. The van der Waals surface area contributed by atoms with Crippen LogP contribution in [0.2, 0.25) is 0 Å². The minimum absolute atomic E-state index is 0.0114. The Morgan fingerprint density at radius 3 is 2.45 bits per heavy atom. The van der Waals surface area contributed by atoms with Gasteiger partial charge in [0.1, 0.15) is 0 Å². The van der Waals surface area contributed by atoms with Crippen LogP contribution in [0.4, 0.5) is 4.79 Å². The Morgan fingerprint density at radius 1 is 1.18 bits per heavy atom. The lowest BCUT2D eigenvalue weighted by molar-refractivity contribution is -0.128. The molecular formula is C16H24N4O2. The van der Waals surface area contributed by atoms with Gasteiger partial charge < -0.3 is 15.1 Å². The number of carbonyl (C=O) groups excluding carboxylic acids is 2. The van der Waals surface area contributed by atoms with E-state index in [1.54, 1.807) is 29.1 Å². The predicted molar refractivity (Wildman–Crippen MR) is 84.2 cm³/mol. The fourth-order valence-electron chi connectivity index (χ4n) is 2.69. The van der Waals surface area contributed by atoms with Gasteiger partial charge in [0.05, 0.1) is 6.04 Å². The Hall–Kier alpha value is -2.11. The number of nitrogens with one attached hydrogen (secondary N) is 1. The number of amides is 3. The normalized spacial score (nSPS) is 16.8. The lowest BCUT2D eigenvalue weighted by Gasteiger charge is -2.25. The number of urea groups is 1. The molecule has 0 radical (unpaired) electrons. The Morgan fingerprint density at radius 2 is 1.82 bits per heavy atom. The average Bonchev–Trinajstić information content (AvgIpc) is 2.79. The van der Waals surface area contributed by atoms with Gasteiger partial charge in [0.25, 0.3) is 0 Å². The number of carbonyl (C=O) groups is 2. The average molecular weight is 304 g/mol. The van der Waals surface area contributed by atoms with Gasteiger partial charge in [0.2, 0.25) is 5.91 Å². The fraction of sp³-hybridized carbons (Fsp3) is 0.562. The second-order valence-electron chi connectivity index (χ2n) is 5.54. The fourth-order valence-corrected chi connectivity index (χ4v) is 2.69. The summed E-state index contributed by atoms with van der Waals surface area (Å²) in [5, 5.41) is 3.08. The molecule has 22 heavy (non-hydrogen) atoms. The maximum Gasteiger partial charge on any atom is 0.317 e. The molecule has 0 bridgehead atoms. The van der Waals surface area contributed by atoms with E-state index in [0.29, 0.717) is 19.6 Å². The van der Waals surface area contributed by atoms with Crippen LogP contribution in [0.15, 0.2) is 24.5 Å². The number of hydrogen-bond acceptors (Lipinski definition) is 3. The maximum absolute atomic E-state index is 12.5. The minimum Gasteiger partial charge on any atom is -0.341 e. The van der Waals surface area contributed by atoms with E-state index in [1.165, 1.54) is 0 Å². The van der Waals surface area contributed by atoms with E-state index in [-0.39, 0.29) is 18.0 Å². The lowest BCUT2D eigenvalue weighted by atomic mass is 10.1. The quantitative estimate of drug-likeness (QED) is 0.926. The standard InChI is InChI=1S/C16H24N4O2/c1-3-15(14-5-7-17-8-6-14)18-16(22)20-10-4-9-19(11-12-20)13(2)21/h5-8,15H,3-4,9-12H2,1-2H3,(H,18,22). The molecule has 2 rings (SSSR count). The van der Waals surface area contributed by atoms with Crippen molar-refractivity contribution < 1.29 is 9.59 Å². The zero-order chi connectivity index (χ0) is 15.9. The van der Waals surface area contributed by atoms with Crippen LogP contribution >= 0.6 is 0 Å². The highest BCUT2D eigenvalue weighted by Crippen LogP contribution is 2.16. The summed E-state index contributed by atoms with van der Waals surface area (Å²) in [6.07, 6.45) is 5.11. The van der Waals surface area contributed by atoms with E-state index in [2.05, 4.69) is 10.3 Å². The van der Waals surface area contributed by atoms with E-state index in [9.17, 15) is 9.59 Å². The molecular weight excluding hydrogens is 280 g/mol. The van der Waals surface area contributed by atoms with E-state index in [4.69, 9.17) is 0 Å². The zero-order valence-electron chi connectivity index (χ0n) is 13.3. The molecule has 1 saturated heterocycles. The molecule has 0 aliphatic carbocycles. The van der Waals surface area contributed by atoms with Gasteiger partial charge in [0.15, 0.2) is 0 Å². The Kier molecular flexibility index (Phi) is 5.75. The second-order valence-corrected chi connectivity index (χ2v) is 5.54. The molecule has 0 aromatic carbocycles. The van der Waals surface area contributed by atoms with Crippen molar-refractivity contribution in [3.05, 3.63) is 30.1 Å². The molecule has 120 valence electrons. The third-order valence-electron chi connectivity index (χ3n) is 4.04. The first-order valence-corrected chi connectivity index (χ1v) is 7.82. The second kappa shape index (κ2) is 7.77. The van der Waals surface area contributed by atoms with Gasteiger partial charge in [-0.15, -0.1) is 0 Å². The molecule has 1 aromatic rings. The topological polar surface area (TPSA) is 65.5 Å². The Balaban J connectivity index is 1.95. The van der Waals surface area contributed by atoms with Gasteiger partial charge in [-0.25, -0.2) is 4.79 Å². The largest absolute Gasteiger partial charge is 0.341 e. The molecule has 1 atom stereocenters. The van der Waals surface area contributed by atoms with Gasteiger partial charge in [-0.2, -0.15) is 0 Å². The molecule has 1 aromatic heterocycles. The van der Waals surface area contributed by atoms with E-state index >= 15 is 0 Å². The summed E-state index contributed by atoms with van der Waals surface area (Å²) in [6, 6.07) is 3.78. The zero-order valence-corrected chi connectivity index (χ0v) is 13.3. The molecule has 0 saturated carbocycles. The minimum atomic E-state index is -0.0611. The number of hydrogen-bond donors (Lipinski definition) is 1. The van der Waals surface area contributed by atoms with Crippen LogP contribution < -0.4 is 5.32 Å². The summed E-state index contributed by atoms with van der Waals surface area (Å²) in [5.74, 6) is 0.0745. The summed E-state index contributed by atoms with van der Waals surface area (Å²) in [7, 11) is 0. The van der Waals surface area contributed by atoms with E-state index in [0.717, 1.165) is 24.9 Å². The first-order valence-electron chi connectivity index (χ1n) is 7.82. The first-order chi connectivity index (χ1) is 10.6. The maximum atomic E-state index is 12.5. The summed E-state index contributed by atoms with van der Waals surface area (Å²) in [5.41, 5.74) is 1.06. The lowest BCUT2D eigenvalue weighted by Crippen LogP contribution is -2.43. The predicted octanol–water partition coefficient (Wildman–Crippen LogP) is 1.80. The van der Waals surface area contributed by atoms with Gasteiger partial charge in [0, 0.05) is 45.5 Å². The smallest absolute Gasteiger partial charge is 0.317 e. The Bertz CT molecular complexity index is 506. The molecule has 0 spiro atoms. The van der Waals surface area contributed by atoms with Crippen LogP contribution in [0.3, 0.4) is 0 Å². The van der Waals surface area contributed by atoms with E-state index < -0.39 is 0 Å². The number of nitrogens with zero attached hydrogens (tertiary/aromatic N) is 3. The Labute approximate surface area is 131 Å². The molecule has 1 aliphatic rings. The molecule has 1 N–H and O–H groups in total. The van der Waals surface area contributed by atoms with Crippen molar-refractivity contribution in [2.45, 2.75) is 32.7 Å². The van der Waals surface area contributed by atoms with Crippen molar-refractivity contribution in [1.29, 1.82) is 0 Å². The van der Waals surface area contributed by atoms with Crippen LogP contribution in [0.25, 0.3) is 0 Å². The van der Waals surface area contributed by atoms with Crippen LogP contribution in [0.5, 0.6) is 0 Å². The summed E-state index contributed by atoms with van der Waals surface area (Å²) < 4.78 is 0. The summed E-state index contributed by atoms with van der Waals surface area (Å²) in [6.45, 7) is 6.22. The summed E-state index contributed by atoms with van der Waals surface area (Å²) in [4.78, 5) is 31.5. The van der Waals surface area contributed by atoms with Crippen molar-refractivity contribution in [1.82, 2.24) is 20.1 Å². The van der Waals surface area contributed by atoms with E-state index in [1.807, 2.05) is 19.1 Å². The highest BCUT2D eigenvalue weighted by Gasteiger charge is 2.22. The van der Waals surface area contributed by atoms with Gasteiger partial charge in [-0.1, -0.05) is 6.92 Å². The molecule has 1 fully saturated rings. The summed E-state index contributed by atoms with van der Waals surface area (Å²) >= 11 is 0. The van der Waals surface area contributed by atoms with Crippen LogP contribution in [-0.2, 0) is 4.79 Å². The molecule has 1 aliphatic heterocycles.